The van der Waals surface area contributed by atoms with Crippen LogP contribution in [0, 0.1) is 11.8 Å². The van der Waals surface area contributed by atoms with Gasteiger partial charge in [0.15, 0.2) is 0 Å². The number of benzene rings is 1. The van der Waals surface area contributed by atoms with Crippen LogP contribution in [0.5, 0.6) is 5.75 Å². The maximum absolute atomic E-state index is 14.3. The molecule has 3 unspecified atom stereocenters. The first kappa shape index (κ1) is 32.3. The minimum absolute atomic E-state index is 0.0772. The predicted molar refractivity (Wildman–Crippen MR) is 147 cm³/mol. The van der Waals surface area contributed by atoms with Crippen molar-refractivity contribution in [3.8, 4) is 5.75 Å². The van der Waals surface area contributed by atoms with Crippen molar-refractivity contribution in [2.45, 2.75) is 118 Å². The summed E-state index contributed by atoms with van der Waals surface area (Å²) < 4.78 is 5.43. The third-order valence-corrected chi connectivity index (χ3v) is 5.75. The summed E-state index contributed by atoms with van der Waals surface area (Å²) in [6, 6.07) is 4.17. The molecule has 0 saturated heterocycles. The number of para-hydroxylation sites is 1. The van der Waals surface area contributed by atoms with Gasteiger partial charge in [-0.05, 0) is 79.2 Å². The molecular formula is C29H49N3O5. The quantitative estimate of drug-likeness (QED) is 0.376. The molecule has 0 fully saturated rings. The molecule has 210 valence electrons. The molecule has 0 radical (unpaired) electrons. The van der Waals surface area contributed by atoms with Gasteiger partial charge < -0.3 is 25.4 Å². The summed E-state index contributed by atoms with van der Waals surface area (Å²) in [6.45, 7) is 20.6. The number of aromatic hydroxyl groups is 1. The van der Waals surface area contributed by atoms with Gasteiger partial charge in [0.1, 0.15) is 23.4 Å². The van der Waals surface area contributed by atoms with E-state index in [0.717, 1.165) is 6.42 Å². The summed E-state index contributed by atoms with van der Waals surface area (Å²) >= 11 is 0. The molecule has 0 aromatic heterocycles. The molecule has 1 aromatic carbocycles. The molecule has 0 saturated carbocycles. The SMILES string of the molecule is CC(C)CCC(C)N(C(=O)C(NC(=O)OC(C)(C)C)C(C)C)C(C(=O)NC(C)(C)C)c1ccccc1O. The van der Waals surface area contributed by atoms with Gasteiger partial charge in [-0.15, -0.1) is 0 Å². The Morgan fingerprint density at radius 2 is 1.51 bits per heavy atom. The zero-order valence-corrected chi connectivity index (χ0v) is 24.6. The minimum Gasteiger partial charge on any atom is -0.508 e. The Morgan fingerprint density at radius 1 is 0.946 bits per heavy atom. The molecule has 0 aliphatic carbocycles. The van der Waals surface area contributed by atoms with Crippen LogP contribution in [0.4, 0.5) is 4.79 Å². The molecular weight excluding hydrogens is 470 g/mol. The second-order valence-corrected chi connectivity index (χ2v) is 12.6. The Balaban J connectivity index is 3.65. The number of nitrogens with one attached hydrogen (secondary N) is 2. The maximum Gasteiger partial charge on any atom is 0.408 e. The van der Waals surface area contributed by atoms with E-state index < -0.39 is 41.1 Å². The fourth-order valence-corrected chi connectivity index (χ4v) is 4.00. The van der Waals surface area contributed by atoms with Crippen LogP contribution in [0.3, 0.4) is 0 Å². The van der Waals surface area contributed by atoms with Gasteiger partial charge in [-0.1, -0.05) is 45.9 Å². The zero-order valence-electron chi connectivity index (χ0n) is 24.6. The fourth-order valence-electron chi connectivity index (χ4n) is 4.00. The number of carbonyl (C=O) groups excluding carboxylic acids is 3. The number of ether oxygens (including phenoxy) is 1. The maximum atomic E-state index is 14.3. The molecule has 37 heavy (non-hydrogen) atoms. The number of amides is 3. The summed E-state index contributed by atoms with van der Waals surface area (Å²) in [5.74, 6) is -0.776. The van der Waals surface area contributed by atoms with Crippen molar-refractivity contribution in [2.75, 3.05) is 0 Å². The summed E-state index contributed by atoms with van der Waals surface area (Å²) in [6.07, 6.45) is 0.784. The van der Waals surface area contributed by atoms with E-state index in [1.807, 2.05) is 41.5 Å². The van der Waals surface area contributed by atoms with Gasteiger partial charge in [-0.2, -0.15) is 0 Å². The van der Waals surface area contributed by atoms with Crippen LogP contribution in [-0.4, -0.2) is 51.1 Å². The second kappa shape index (κ2) is 13.2. The molecule has 8 heteroatoms. The van der Waals surface area contributed by atoms with Gasteiger partial charge in [0.05, 0.1) is 0 Å². The highest BCUT2D eigenvalue weighted by molar-refractivity contribution is 5.93. The molecule has 0 spiro atoms. The standard InChI is InChI=1S/C29H49N3O5/c1-18(2)16-17-20(5)32(26(35)23(19(3)4)30-27(36)37-29(9,10)11)24(25(34)31-28(6,7)8)21-14-12-13-15-22(21)33/h12-15,18-20,23-24,33H,16-17H2,1-11H3,(H,30,36)(H,31,34). The van der Waals surface area contributed by atoms with E-state index in [9.17, 15) is 19.5 Å². The Morgan fingerprint density at radius 3 is 1.97 bits per heavy atom. The highest BCUT2D eigenvalue weighted by atomic mass is 16.6. The van der Waals surface area contributed by atoms with Crippen molar-refractivity contribution in [1.29, 1.82) is 0 Å². The first-order chi connectivity index (χ1) is 16.8. The Kier molecular flexibility index (Phi) is 11.5. The third-order valence-electron chi connectivity index (χ3n) is 5.75. The molecule has 0 heterocycles. The number of nitrogens with zero attached hydrogens (tertiary/aromatic N) is 1. The summed E-state index contributed by atoms with van der Waals surface area (Å²) in [7, 11) is 0. The molecule has 0 aliphatic heterocycles. The summed E-state index contributed by atoms with van der Waals surface area (Å²) in [4.78, 5) is 42.2. The fraction of sp³-hybridized carbons (Fsp3) is 0.690. The van der Waals surface area contributed by atoms with E-state index in [-0.39, 0.29) is 17.7 Å². The van der Waals surface area contributed by atoms with Crippen molar-refractivity contribution >= 4 is 17.9 Å². The number of phenolic OH excluding ortho intramolecular Hbond substituents is 1. The van der Waals surface area contributed by atoms with E-state index in [1.165, 1.54) is 11.0 Å². The van der Waals surface area contributed by atoms with Crippen LogP contribution >= 0.6 is 0 Å². The van der Waals surface area contributed by atoms with Crippen molar-refractivity contribution in [2.24, 2.45) is 11.8 Å². The van der Waals surface area contributed by atoms with Gasteiger partial charge >= 0.3 is 6.09 Å². The smallest absolute Gasteiger partial charge is 0.408 e. The first-order valence-corrected chi connectivity index (χ1v) is 13.3. The van der Waals surface area contributed by atoms with Gasteiger partial charge in [0.25, 0.3) is 0 Å². The van der Waals surface area contributed by atoms with E-state index in [2.05, 4.69) is 24.5 Å². The third kappa shape index (κ3) is 10.6. The van der Waals surface area contributed by atoms with E-state index >= 15 is 0 Å². The number of carbonyl (C=O) groups is 3. The van der Waals surface area contributed by atoms with E-state index in [0.29, 0.717) is 17.9 Å². The van der Waals surface area contributed by atoms with Gasteiger partial charge in [-0.3, -0.25) is 9.59 Å². The lowest BCUT2D eigenvalue weighted by molar-refractivity contribution is -0.146. The topological polar surface area (TPSA) is 108 Å². The van der Waals surface area contributed by atoms with Crippen LogP contribution in [0.25, 0.3) is 0 Å². The van der Waals surface area contributed by atoms with E-state index in [1.54, 1.807) is 39.0 Å². The molecule has 3 N–H and O–H groups in total. The van der Waals surface area contributed by atoms with Gasteiger partial charge in [0.2, 0.25) is 11.8 Å². The Bertz CT molecular complexity index is 915. The Hall–Kier alpha value is -2.77. The molecule has 0 bridgehead atoms. The average Bonchev–Trinajstić information content (AvgIpc) is 2.71. The highest BCUT2D eigenvalue weighted by Gasteiger charge is 2.41. The number of hydrogen-bond acceptors (Lipinski definition) is 5. The molecule has 1 aromatic rings. The van der Waals surface area contributed by atoms with Crippen molar-refractivity contribution < 1.29 is 24.2 Å². The first-order valence-electron chi connectivity index (χ1n) is 13.3. The van der Waals surface area contributed by atoms with Crippen molar-refractivity contribution in [1.82, 2.24) is 15.5 Å². The van der Waals surface area contributed by atoms with E-state index in [4.69, 9.17) is 4.74 Å². The number of alkyl carbamates (subject to hydrolysis) is 1. The number of hydrogen-bond donors (Lipinski definition) is 3. The lowest BCUT2D eigenvalue weighted by Crippen LogP contribution is -2.58. The van der Waals surface area contributed by atoms with Crippen molar-refractivity contribution in [3.05, 3.63) is 29.8 Å². The van der Waals surface area contributed by atoms with Crippen molar-refractivity contribution in [3.63, 3.8) is 0 Å². The van der Waals surface area contributed by atoms with Crippen LogP contribution in [0.1, 0.15) is 101 Å². The number of phenols is 1. The average molecular weight is 520 g/mol. The zero-order chi connectivity index (χ0) is 28.7. The van der Waals surface area contributed by atoms with Gasteiger partial charge in [-0.25, -0.2) is 4.79 Å². The van der Waals surface area contributed by atoms with Crippen LogP contribution < -0.4 is 10.6 Å². The number of rotatable bonds is 10. The minimum atomic E-state index is -1.10. The molecule has 3 atom stereocenters. The molecule has 1 rings (SSSR count). The lowest BCUT2D eigenvalue weighted by atomic mass is 9.94. The van der Waals surface area contributed by atoms with Crippen LogP contribution in [0.15, 0.2) is 24.3 Å². The Labute approximate surface area is 223 Å². The molecule has 8 nitrogen and oxygen atoms in total. The monoisotopic (exact) mass is 519 g/mol. The second-order valence-electron chi connectivity index (χ2n) is 12.6. The van der Waals surface area contributed by atoms with Crippen LogP contribution in [0.2, 0.25) is 0 Å². The molecule has 3 amide bonds. The highest BCUT2D eigenvalue weighted by Crippen LogP contribution is 2.33. The summed E-state index contributed by atoms with van der Waals surface area (Å²) in [5, 5.41) is 16.5. The summed E-state index contributed by atoms with van der Waals surface area (Å²) in [5.41, 5.74) is -0.972. The predicted octanol–water partition coefficient (Wildman–Crippen LogP) is 5.55. The molecule has 0 aliphatic rings. The van der Waals surface area contributed by atoms with Crippen LogP contribution in [-0.2, 0) is 14.3 Å². The normalized spacial score (nSPS) is 14.6. The van der Waals surface area contributed by atoms with Gasteiger partial charge in [0, 0.05) is 17.1 Å². The largest absolute Gasteiger partial charge is 0.508 e. The lowest BCUT2D eigenvalue weighted by Gasteiger charge is -2.40.